The van der Waals surface area contributed by atoms with Gasteiger partial charge in [0.25, 0.3) is 0 Å². The van der Waals surface area contributed by atoms with E-state index in [-0.39, 0.29) is 5.75 Å². The minimum Gasteiger partial charge on any atom is -0.479 e. The molecule has 2 aliphatic carbocycles. The summed E-state index contributed by atoms with van der Waals surface area (Å²) in [6.45, 7) is 0.725. The van der Waals surface area contributed by atoms with Crippen LogP contribution in [0.15, 0.2) is 84.9 Å². The van der Waals surface area contributed by atoms with Crippen LogP contribution in [0.4, 0.5) is 13.2 Å². The smallest absolute Gasteiger partial charge is 0.416 e. The van der Waals surface area contributed by atoms with Crippen LogP contribution in [0.5, 0.6) is 5.75 Å². The maximum Gasteiger partial charge on any atom is 0.416 e. The Morgan fingerprint density at radius 1 is 0.902 bits per heavy atom. The molecule has 0 radical (unpaired) electrons. The number of alkyl halides is 3. The van der Waals surface area contributed by atoms with Crippen LogP contribution >= 0.6 is 0 Å². The second-order valence-corrected chi connectivity index (χ2v) is 11.2. The molecule has 3 aromatic carbocycles. The molecule has 0 spiro atoms. The number of nitrogens with two attached hydrogens (primary N) is 1. The molecule has 2 N–H and O–H groups in total. The molecule has 0 atom stereocenters. The summed E-state index contributed by atoms with van der Waals surface area (Å²) in [4.78, 5) is 17.9. The summed E-state index contributed by atoms with van der Waals surface area (Å²) in [5.74, 6) is 1.58. The van der Waals surface area contributed by atoms with Crippen LogP contribution in [-0.4, -0.2) is 20.7 Å². The number of carbonyl (C=O) groups excluding carboxylic acids is 1. The second kappa shape index (κ2) is 10.4. The van der Waals surface area contributed by atoms with E-state index >= 15 is 0 Å². The first-order chi connectivity index (χ1) is 19.7. The zero-order valence-electron chi connectivity index (χ0n) is 22.5. The van der Waals surface area contributed by atoms with E-state index in [0.29, 0.717) is 37.4 Å². The van der Waals surface area contributed by atoms with Crippen molar-refractivity contribution in [2.75, 3.05) is 0 Å². The van der Waals surface area contributed by atoms with Gasteiger partial charge in [0.1, 0.15) is 5.75 Å². The number of nitrogens with zero attached hydrogens (tertiary/aromatic N) is 3. The van der Waals surface area contributed by atoms with E-state index in [4.69, 9.17) is 20.6 Å². The highest BCUT2D eigenvalue weighted by molar-refractivity contribution is 5.87. The molecular formula is C32H31F3N4O2. The molecule has 0 saturated heterocycles. The Labute approximate surface area is 236 Å². The molecule has 1 aromatic heterocycles. The molecule has 6 rings (SSSR count). The third-order valence-corrected chi connectivity index (χ3v) is 8.44. The number of amides is 1. The van der Waals surface area contributed by atoms with Gasteiger partial charge in [-0.2, -0.15) is 18.3 Å². The van der Waals surface area contributed by atoms with Crippen molar-refractivity contribution in [3.05, 3.63) is 102 Å². The summed E-state index contributed by atoms with van der Waals surface area (Å²) in [6, 6.07) is 23.9. The van der Waals surface area contributed by atoms with Gasteiger partial charge in [-0.15, -0.1) is 0 Å². The zero-order valence-corrected chi connectivity index (χ0v) is 22.5. The minimum absolute atomic E-state index is 0.282. The summed E-state index contributed by atoms with van der Waals surface area (Å²) < 4.78 is 48.2. The number of primary amides is 1. The van der Waals surface area contributed by atoms with Gasteiger partial charge in [0.05, 0.1) is 11.0 Å². The van der Waals surface area contributed by atoms with Crippen molar-refractivity contribution >= 4 is 5.91 Å². The molecule has 41 heavy (non-hydrogen) atoms. The van der Waals surface area contributed by atoms with Crippen molar-refractivity contribution in [1.82, 2.24) is 14.8 Å². The Kier molecular flexibility index (Phi) is 6.83. The molecule has 2 aliphatic rings. The molecule has 0 unspecified atom stereocenters. The van der Waals surface area contributed by atoms with Gasteiger partial charge in [0.15, 0.2) is 17.2 Å². The van der Waals surface area contributed by atoms with Gasteiger partial charge in [0.2, 0.25) is 5.91 Å². The van der Waals surface area contributed by atoms with Gasteiger partial charge >= 0.3 is 6.18 Å². The monoisotopic (exact) mass is 560 g/mol. The summed E-state index contributed by atoms with van der Waals surface area (Å²) in [5, 5.41) is 4.97. The lowest BCUT2D eigenvalue weighted by atomic mass is 9.64. The fourth-order valence-electron chi connectivity index (χ4n) is 5.83. The fraction of sp³-hybridized carbons (Fsp3) is 0.344. The summed E-state index contributed by atoms with van der Waals surface area (Å²) in [6.07, 6.45) is -0.716. The van der Waals surface area contributed by atoms with Crippen molar-refractivity contribution in [2.45, 2.75) is 62.3 Å². The van der Waals surface area contributed by atoms with E-state index in [1.807, 2.05) is 65.3 Å². The summed E-state index contributed by atoms with van der Waals surface area (Å²) in [5.41, 5.74) is 5.06. The Morgan fingerprint density at radius 3 is 2.07 bits per heavy atom. The van der Waals surface area contributed by atoms with Crippen LogP contribution in [0.3, 0.4) is 0 Å². The molecule has 6 nitrogen and oxygen atoms in total. The molecule has 2 saturated carbocycles. The number of ether oxygens (including phenoxy) is 1. The lowest BCUT2D eigenvalue weighted by Crippen LogP contribution is -2.50. The number of aromatic nitrogens is 3. The Morgan fingerprint density at radius 2 is 1.51 bits per heavy atom. The SMILES string of the molecule is NC(=O)[C@]1(c2ccccc2)CC[C@@](Oc2ccc(C(F)(F)F)cc2)(c2nc(-c3ccccc3)n(CC3CC3)n2)CC1. The lowest BCUT2D eigenvalue weighted by Gasteiger charge is -2.43. The van der Waals surface area contributed by atoms with Crippen molar-refractivity contribution < 1.29 is 22.7 Å². The average molecular weight is 561 g/mol. The zero-order chi connectivity index (χ0) is 28.7. The van der Waals surface area contributed by atoms with E-state index in [0.717, 1.165) is 48.5 Å². The topological polar surface area (TPSA) is 83.0 Å². The van der Waals surface area contributed by atoms with Crippen molar-refractivity contribution in [3.8, 4) is 17.1 Å². The maximum atomic E-state index is 13.3. The van der Waals surface area contributed by atoms with E-state index < -0.39 is 28.7 Å². The number of hydrogen-bond donors (Lipinski definition) is 1. The quantitative estimate of drug-likeness (QED) is 0.262. The minimum atomic E-state index is -4.45. The van der Waals surface area contributed by atoms with Crippen LogP contribution < -0.4 is 10.5 Å². The number of carbonyl (C=O) groups is 1. The standard InChI is InChI=1S/C32H31F3N4O2/c33-32(34,35)25-13-15-26(16-14-25)41-31(19-17-30(18-20-31,28(36)40)24-9-5-2-6-10-24)29-37-27(23-7-3-1-4-8-23)39(38-29)21-22-11-12-22/h1-10,13-16,22H,11-12,17-21H2,(H2,36,40)/t30-,31+. The average Bonchev–Trinajstić information content (AvgIpc) is 3.69. The number of benzene rings is 3. The molecule has 9 heteroatoms. The second-order valence-electron chi connectivity index (χ2n) is 11.2. The predicted octanol–water partition coefficient (Wildman–Crippen LogP) is 6.65. The first-order valence-corrected chi connectivity index (χ1v) is 13.9. The van der Waals surface area contributed by atoms with E-state index in [2.05, 4.69) is 0 Å². The maximum absolute atomic E-state index is 13.3. The van der Waals surface area contributed by atoms with Gasteiger partial charge in [-0.1, -0.05) is 60.7 Å². The van der Waals surface area contributed by atoms with Gasteiger partial charge in [-0.05, 0) is 74.3 Å². The Hall–Kier alpha value is -4.14. The van der Waals surface area contributed by atoms with Gasteiger partial charge in [-0.3, -0.25) is 4.79 Å². The normalized spacial score (nSPS) is 22.8. The highest BCUT2D eigenvalue weighted by atomic mass is 19.4. The number of rotatable bonds is 8. The Bertz CT molecular complexity index is 1510. The lowest BCUT2D eigenvalue weighted by molar-refractivity contribution is -0.137. The molecule has 2 fully saturated rings. The summed E-state index contributed by atoms with van der Waals surface area (Å²) in [7, 11) is 0. The summed E-state index contributed by atoms with van der Waals surface area (Å²) >= 11 is 0. The molecule has 1 amide bonds. The van der Waals surface area contributed by atoms with E-state index in [9.17, 15) is 18.0 Å². The highest BCUT2D eigenvalue weighted by Crippen LogP contribution is 2.49. The molecule has 1 heterocycles. The number of hydrogen-bond acceptors (Lipinski definition) is 4. The predicted molar refractivity (Wildman–Crippen MR) is 148 cm³/mol. The van der Waals surface area contributed by atoms with Gasteiger partial charge in [0, 0.05) is 12.1 Å². The van der Waals surface area contributed by atoms with E-state index in [1.165, 1.54) is 12.1 Å². The first kappa shape index (κ1) is 27.1. The first-order valence-electron chi connectivity index (χ1n) is 13.9. The largest absolute Gasteiger partial charge is 0.479 e. The van der Waals surface area contributed by atoms with Crippen LogP contribution in [0.2, 0.25) is 0 Å². The molecular weight excluding hydrogens is 529 g/mol. The van der Waals surface area contributed by atoms with Crippen LogP contribution in [0.1, 0.15) is 55.5 Å². The van der Waals surface area contributed by atoms with Crippen molar-refractivity contribution in [3.63, 3.8) is 0 Å². The molecule has 4 aromatic rings. The highest BCUT2D eigenvalue weighted by Gasteiger charge is 2.51. The van der Waals surface area contributed by atoms with Crippen LogP contribution in [0, 0.1) is 5.92 Å². The number of halogens is 3. The van der Waals surface area contributed by atoms with Crippen LogP contribution in [-0.2, 0) is 28.5 Å². The molecule has 0 bridgehead atoms. The molecule has 212 valence electrons. The van der Waals surface area contributed by atoms with Gasteiger partial charge < -0.3 is 10.5 Å². The Balaban J connectivity index is 1.41. The fourth-order valence-corrected chi connectivity index (χ4v) is 5.83. The molecule has 0 aliphatic heterocycles. The van der Waals surface area contributed by atoms with Crippen molar-refractivity contribution in [2.24, 2.45) is 11.7 Å². The third-order valence-electron chi connectivity index (χ3n) is 8.44. The van der Waals surface area contributed by atoms with E-state index in [1.54, 1.807) is 0 Å². The third kappa shape index (κ3) is 5.33. The van der Waals surface area contributed by atoms with Gasteiger partial charge in [-0.25, -0.2) is 9.67 Å². The van der Waals surface area contributed by atoms with Crippen LogP contribution in [0.25, 0.3) is 11.4 Å². The van der Waals surface area contributed by atoms with Crippen molar-refractivity contribution in [1.29, 1.82) is 0 Å².